The van der Waals surface area contributed by atoms with E-state index in [1.807, 2.05) is 6.08 Å². The minimum absolute atomic E-state index is 0.243. The molecule has 0 radical (unpaired) electrons. The van der Waals surface area contributed by atoms with Gasteiger partial charge in [0, 0.05) is 6.42 Å². The molecule has 3 fully saturated rings. The van der Waals surface area contributed by atoms with Crippen molar-refractivity contribution in [3.05, 3.63) is 72.9 Å². The summed E-state index contributed by atoms with van der Waals surface area (Å²) in [6.45, 7) is 1.60. The second kappa shape index (κ2) is 53.4. The SMILES string of the molecule is CC/C=C\C/C=C\C/C=C\C/C=C\C/C=C\CCCCCCCCCCCCCCCCCCCCCC(=O)NC(COC1OC(CO)C(OC2OC(CO)C(OC3OC(CO)C(O)C(O)C3O)C(O)C2O)C(O)C1O)C(O)/C=C/CCCCCCCCCCC. The molecule has 91 heavy (non-hydrogen) atoms. The molecule has 17 unspecified atom stereocenters. The molecule has 528 valence electrons. The van der Waals surface area contributed by atoms with Crippen LogP contribution in [0.5, 0.6) is 0 Å². The minimum atomic E-state index is -1.98. The molecule has 0 spiro atoms. The Hall–Kier alpha value is -2.77. The van der Waals surface area contributed by atoms with Crippen LogP contribution in [-0.4, -0.2) is 193 Å². The standard InChI is InChI=1S/C72H127NO18/c1-3-5-7-9-11-13-15-16-17-18-19-20-21-22-23-24-25-26-27-28-29-30-31-32-33-34-35-36-37-38-40-42-44-46-48-50-60(78)73-55(56(77)49-47-45-43-41-39-14-12-10-8-6-4-2)54-86-70-66(84)63(81)68(58(52-75)88-70)91-72-67(85)64(82)69(59(53-76)89-72)90-71-65(83)62(80)61(79)57(51-74)87-71/h5,7,11,13,16-17,19-20,22-23,47,49,55-59,61-72,74-77,79-85H,3-4,6,8-10,12,14-15,18,21,24-46,48,50-54H2,1-2H3,(H,73,78)/b7-5-,13-11-,17-16-,20-19-,23-22-,49-47+. The molecular weight excluding hydrogens is 1170 g/mol. The average Bonchev–Trinajstić information content (AvgIpc) is 1.05. The van der Waals surface area contributed by atoms with E-state index in [0.717, 1.165) is 77.0 Å². The third-order valence-corrected chi connectivity index (χ3v) is 17.5. The van der Waals surface area contributed by atoms with Crippen molar-refractivity contribution in [1.82, 2.24) is 5.32 Å². The number of carbonyl (C=O) groups is 1. The van der Waals surface area contributed by atoms with Crippen molar-refractivity contribution in [2.45, 2.75) is 349 Å². The molecule has 12 N–H and O–H groups in total. The Morgan fingerprint density at radius 2 is 0.758 bits per heavy atom. The molecule has 1 amide bonds. The monoisotopic (exact) mass is 1290 g/mol. The minimum Gasteiger partial charge on any atom is -0.394 e. The maximum atomic E-state index is 13.4. The van der Waals surface area contributed by atoms with Gasteiger partial charge in [-0.15, -0.1) is 0 Å². The van der Waals surface area contributed by atoms with Gasteiger partial charge >= 0.3 is 0 Å². The average molecular weight is 1290 g/mol. The van der Waals surface area contributed by atoms with Gasteiger partial charge in [0.05, 0.1) is 38.6 Å². The molecule has 3 saturated heterocycles. The summed E-state index contributed by atoms with van der Waals surface area (Å²) < 4.78 is 34.3. The normalized spacial score (nSPS) is 28.3. The van der Waals surface area contributed by atoms with Gasteiger partial charge in [0.1, 0.15) is 73.2 Å². The zero-order chi connectivity index (χ0) is 66.1. The number of allylic oxidation sites excluding steroid dienone is 11. The van der Waals surface area contributed by atoms with Crippen LogP contribution in [0.1, 0.15) is 245 Å². The first-order chi connectivity index (χ1) is 44.3. The second-order valence-corrected chi connectivity index (χ2v) is 25.3. The highest BCUT2D eigenvalue weighted by Crippen LogP contribution is 2.33. The van der Waals surface area contributed by atoms with Crippen LogP contribution in [-0.2, 0) is 33.2 Å². The highest BCUT2D eigenvalue weighted by Gasteiger charge is 2.53. The Morgan fingerprint density at radius 3 is 1.19 bits per heavy atom. The van der Waals surface area contributed by atoms with Crippen LogP contribution in [0.3, 0.4) is 0 Å². The van der Waals surface area contributed by atoms with Crippen molar-refractivity contribution in [2.75, 3.05) is 26.4 Å². The van der Waals surface area contributed by atoms with Gasteiger partial charge in [-0.1, -0.05) is 247 Å². The summed E-state index contributed by atoms with van der Waals surface area (Å²) in [6.07, 6.45) is 40.5. The summed E-state index contributed by atoms with van der Waals surface area (Å²) in [5.41, 5.74) is 0. The topological polar surface area (TPSA) is 307 Å². The van der Waals surface area contributed by atoms with E-state index < -0.39 is 124 Å². The lowest BCUT2D eigenvalue weighted by Crippen LogP contribution is -2.66. The molecule has 0 aromatic heterocycles. The Morgan fingerprint density at radius 1 is 0.407 bits per heavy atom. The number of nitrogens with one attached hydrogen (secondary N) is 1. The van der Waals surface area contributed by atoms with E-state index in [0.29, 0.717) is 6.42 Å². The van der Waals surface area contributed by atoms with E-state index >= 15 is 0 Å². The maximum absolute atomic E-state index is 13.4. The predicted molar refractivity (Wildman–Crippen MR) is 355 cm³/mol. The van der Waals surface area contributed by atoms with Gasteiger partial charge in [0.25, 0.3) is 0 Å². The molecule has 0 aliphatic carbocycles. The molecule has 17 atom stereocenters. The number of ether oxygens (including phenoxy) is 6. The number of rotatable bonds is 54. The summed E-state index contributed by atoms with van der Waals surface area (Å²) in [7, 11) is 0. The summed E-state index contributed by atoms with van der Waals surface area (Å²) in [6, 6.07) is -0.973. The molecule has 0 aromatic rings. The van der Waals surface area contributed by atoms with E-state index in [4.69, 9.17) is 28.4 Å². The largest absolute Gasteiger partial charge is 0.394 e. The van der Waals surface area contributed by atoms with Gasteiger partial charge in [-0.3, -0.25) is 4.79 Å². The van der Waals surface area contributed by atoms with Gasteiger partial charge < -0.3 is 89.9 Å². The van der Waals surface area contributed by atoms with Crippen molar-refractivity contribution >= 4 is 5.91 Å². The van der Waals surface area contributed by atoms with Crippen LogP contribution < -0.4 is 5.32 Å². The van der Waals surface area contributed by atoms with E-state index in [9.17, 15) is 61.0 Å². The first-order valence-electron chi connectivity index (χ1n) is 35.7. The maximum Gasteiger partial charge on any atom is 0.220 e. The number of aliphatic hydroxyl groups is 11. The van der Waals surface area contributed by atoms with Crippen molar-refractivity contribution in [1.29, 1.82) is 0 Å². The van der Waals surface area contributed by atoms with Crippen molar-refractivity contribution in [3.63, 3.8) is 0 Å². The number of hydrogen-bond donors (Lipinski definition) is 12. The summed E-state index contributed by atoms with van der Waals surface area (Å²) in [4.78, 5) is 13.4. The molecule has 19 heteroatoms. The van der Waals surface area contributed by atoms with Gasteiger partial charge in [-0.25, -0.2) is 0 Å². The highest BCUT2D eigenvalue weighted by molar-refractivity contribution is 5.76. The van der Waals surface area contributed by atoms with Gasteiger partial charge in [0.2, 0.25) is 5.91 Å². The van der Waals surface area contributed by atoms with E-state index in [2.05, 4.69) is 79.9 Å². The third kappa shape index (κ3) is 35.2. The molecule has 0 aromatic carbocycles. The third-order valence-electron chi connectivity index (χ3n) is 17.5. The Bertz CT molecular complexity index is 1930. The van der Waals surface area contributed by atoms with Crippen LogP contribution >= 0.6 is 0 Å². The Kier molecular flexibility index (Phi) is 48.4. The summed E-state index contributed by atoms with van der Waals surface area (Å²) in [5, 5.41) is 120. The fraction of sp³-hybridized carbons (Fsp3) is 0.819. The van der Waals surface area contributed by atoms with Crippen molar-refractivity contribution in [2.24, 2.45) is 0 Å². The molecule has 3 aliphatic heterocycles. The molecule has 3 rings (SSSR count). The lowest BCUT2D eigenvalue weighted by molar-refractivity contribution is -0.379. The van der Waals surface area contributed by atoms with Crippen LogP contribution in [0.25, 0.3) is 0 Å². The molecule has 3 heterocycles. The van der Waals surface area contributed by atoms with Crippen molar-refractivity contribution in [3.8, 4) is 0 Å². The first-order valence-corrected chi connectivity index (χ1v) is 35.7. The van der Waals surface area contributed by atoms with Gasteiger partial charge in [0.15, 0.2) is 18.9 Å². The molecular formula is C72H127NO18. The molecule has 0 saturated carbocycles. The molecule has 3 aliphatic rings. The highest BCUT2D eigenvalue weighted by atomic mass is 16.8. The summed E-state index contributed by atoms with van der Waals surface area (Å²) in [5.74, 6) is -0.276. The number of hydrogen-bond acceptors (Lipinski definition) is 18. The van der Waals surface area contributed by atoms with Gasteiger partial charge in [-0.05, 0) is 64.2 Å². The number of aliphatic hydroxyl groups excluding tert-OH is 11. The van der Waals surface area contributed by atoms with E-state index in [1.165, 1.54) is 141 Å². The zero-order valence-corrected chi connectivity index (χ0v) is 55.8. The van der Waals surface area contributed by atoms with E-state index in [-0.39, 0.29) is 18.9 Å². The van der Waals surface area contributed by atoms with Crippen LogP contribution in [0.15, 0.2) is 72.9 Å². The van der Waals surface area contributed by atoms with Crippen LogP contribution in [0.4, 0.5) is 0 Å². The first kappa shape index (κ1) is 82.5. The van der Waals surface area contributed by atoms with Crippen molar-refractivity contribution < 1.29 is 89.4 Å². The number of unbranched alkanes of at least 4 members (excludes halogenated alkanes) is 28. The van der Waals surface area contributed by atoms with E-state index in [1.54, 1.807) is 6.08 Å². The quantitative estimate of drug-likeness (QED) is 0.0199. The van der Waals surface area contributed by atoms with Crippen LogP contribution in [0.2, 0.25) is 0 Å². The van der Waals surface area contributed by atoms with Crippen LogP contribution in [0, 0.1) is 0 Å². The lowest BCUT2D eigenvalue weighted by atomic mass is 9.96. The van der Waals surface area contributed by atoms with Gasteiger partial charge in [-0.2, -0.15) is 0 Å². The fourth-order valence-corrected chi connectivity index (χ4v) is 11.7. The second-order valence-electron chi connectivity index (χ2n) is 25.3. The fourth-order valence-electron chi connectivity index (χ4n) is 11.7. The number of amides is 1. The molecule has 0 bridgehead atoms. The zero-order valence-electron chi connectivity index (χ0n) is 55.8. The Labute approximate surface area is 547 Å². The molecule has 19 nitrogen and oxygen atoms in total. The Balaban J connectivity index is 1.32. The predicted octanol–water partition coefficient (Wildman–Crippen LogP) is 9.72. The summed E-state index contributed by atoms with van der Waals surface area (Å²) >= 11 is 0. The smallest absolute Gasteiger partial charge is 0.220 e. The lowest BCUT2D eigenvalue weighted by Gasteiger charge is -2.48. The number of carbonyl (C=O) groups excluding carboxylic acids is 1.